The monoisotopic (exact) mass is 501 g/mol. The minimum Gasteiger partial charge on any atom is -0.448 e. The molecule has 0 radical (unpaired) electrons. The predicted molar refractivity (Wildman–Crippen MR) is 134 cm³/mol. The molecule has 35 heavy (non-hydrogen) atoms. The number of ether oxygens (including phenoxy) is 1. The lowest BCUT2D eigenvalue weighted by atomic mass is 9.98. The van der Waals surface area contributed by atoms with E-state index >= 15 is 0 Å². The van der Waals surface area contributed by atoms with Gasteiger partial charge in [-0.15, -0.1) is 0 Å². The Kier molecular flexibility index (Phi) is 9.13. The van der Waals surface area contributed by atoms with E-state index in [1.54, 1.807) is 0 Å². The second kappa shape index (κ2) is 12.1. The summed E-state index contributed by atoms with van der Waals surface area (Å²) in [6.45, 7) is 2.00. The second-order valence-corrected chi connectivity index (χ2v) is 8.77. The number of carbonyl (C=O) groups excluding carboxylic acids is 3. The fraction of sp³-hybridized carbons (Fsp3) is 0.400. The van der Waals surface area contributed by atoms with Crippen molar-refractivity contribution in [3.05, 3.63) is 59.7 Å². The van der Waals surface area contributed by atoms with Crippen LogP contribution in [-0.4, -0.2) is 76.8 Å². The number of nitrogens with one attached hydrogen (secondary N) is 2. The molecule has 1 aliphatic rings. The Morgan fingerprint density at radius 1 is 1.09 bits per heavy atom. The fourth-order valence-corrected chi connectivity index (χ4v) is 4.46. The molecule has 188 valence electrons. The first-order chi connectivity index (χ1) is 16.8. The lowest BCUT2D eigenvalue weighted by Gasteiger charge is -2.31. The third kappa shape index (κ3) is 6.14. The van der Waals surface area contributed by atoms with E-state index in [2.05, 4.69) is 23.3 Å². The van der Waals surface area contributed by atoms with Gasteiger partial charge in [-0.25, -0.2) is 4.79 Å². The lowest BCUT2D eigenvalue weighted by molar-refractivity contribution is -0.128. The number of fused-ring (bicyclic) bond motifs is 3. The first-order valence-electron chi connectivity index (χ1n) is 11.3. The molecule has 0 saturated heterocycles. The number of amides is 3. The van der Waals surface area contributed by atoms with E-state index in [1.807, 2.05) is 48.5 Å². The standard InChI is InChI=1S/C25H31N3O6S/c1-15(30)22(11-29)27-24(32)23(13-35)28(14-26-16(2)31)25(33)34-12-21-19-9-5-3-7-17(19)18-8-4-6-10-20(18)21/h3-10,15,21-23,29-30,35H,11-14H2,1-2H3,(H,26,31)(H,27,32)/t15-,22-,23+/m1/s1. The Bertz CT molecular complexity index is 1020. The highest BCUT2D eigenvalue weighted by atomic mass is 32.1. The summed E-state index contributed by atoms with van der Waals surface area (Å²) in [6, 6.07) is 13.8. The molecule has 0 saturated carbocycles. The highest BCUT2D eigenvalue weighted by Gasteiger charge is 2.34. The molecule has 4 N–H and O–H groups in total. The molecule has 0 bridgehead atoms. The molecule has 0 aromatic heterocycles. The summed E-state index contributed by atoms with van der Waals surface area (Å²) >= 11 is 4.22. The number of rotatable bonds is 10. The number of aliphatic hydroxyl groups excluding tert-OH is 2. The number of thiol groups is 1. The van der Waals surface area contributed by atoms with Gasteiger partial charge in [-0.2, -0.15) is 12.6 Å². The third-order valence-electron chi connectivity index (χ3n) is 6.03. The van der Waals surface area contributed by atoms with E-state index in [1.165, 1.54) is 13.8 Å². The van der Waals surface area contributed by atoms with Crippen LogP contribution >= 0.6 is 12.6 Å². The van der Waals surface area contributed by atoms with E-state index in [0.29, 0.717) is 0 Å². The molecular weight excluding hydrogens is 470 g/mol. The van der Waals surface area contributed by atoms with E-state index < -0.39 is 42.7 Å². The second-order valence-electron chi connectivity index (χ2n) is 8.40. The van der Waals surface area contributed by atoms with Crippen LogP contribution in [0.5, 0.6) is 0 Å². The summed E-state index contributed by atoms with van der Waals surface area (Å²) in [7, 11) is 0. The zero-order valence-electron chi connectivity index (χ0n) is 19.7. The summed E-state index contributed by atoms with van der Waals surface area (Å²) in [5.74, 6) is -1.28. The Morgan fingerprint density at radius 3 is 2.14 bits per heavy atom. The molecule has 2 aromatic rings. The minimum atomic E-state index is -1.12. The average Bonchev–Trinajstić information content (AvgIpc) is 3.16. The van der Waals surface area contributed by atoms with Crippen LogP contribution in [0.25, 0.3) is 11.1 Å². The van der Waals surface area contributed by atoms with E-state index in [0.717, 1.165) is 27.2 Å². The summed E-state index contributed by atoms with van der Waals surface area (Å²) in [5, 5.41) is 24.2. The number of benzene rings is 2. The molecule has 2 aromatic carbocycles. The molecule has 10 heteroatoms. The quantitative estimate of drug-likeness (QED) is 0.248. The van der Waals surface area contributed by atoms with Crippen LogP contribution in [0.4, 0.5) is 4.79 Å². The highest BCUT2D eigenvalue weighted by Crippen LogP contribution is 2.44. The van der Waals surface area contributed by atoms with Crippen LogP contribution in [0.3, 0.4) is 0 Å². The number of hydrogen-bond donors (Lipinski definition) is 5. The lowest BCUT2D eigenvalue weighted by Crippen LogP contribution is -2.57. The molecular formula is C25H31N3O6S. The summed E-state index contributed by atoms with van der Waals surface area (Å²) in [6.07, 6.45) is -1.81. The summed E-state index contributed by atoms with van der Waals surface area (Å²) < 4.78 is 5.67. The Hall–Kier alpha value is -3.08. The molecule has 3 amide bonds. The van der Waals surface area contributed by atoms with E-state index in [4.69, 9.17) is 4.74 Å². The molecule has 1 aliphatic carbocycles. The molecule has 0 fully saturated rings. The van der Waals surface area contributed by atoms with Crippen LogP contribution < -0.4 is 10.6 Å². The van der Waals surface area contributed by atoms with Crippen LogP contribution in [0.1, 0.15) is 30.9 Å². The number of hydrogen-bond acceptors (Lipinski definition) is 7. The summed E-state index contributed by atoms with van der Waals surface area (Å²) in [4.78, 5) is 38.7. The van der Waals surface area contributed by atoms with Crippen molar-refractivity contribution in [1.29, 1.82) is 0 Å². The van der Waals surface area contributed by atoms with Gasteiger partial charge in [0.05, 0.1) is 25.4 Å². The third-order valence-corrected chi connectivity index (χ3v) is 6.37. The van der Waals surface area contributed by atoms with Crippen molar-refractivity contribution < 1.29 is 29.3 Å². The minimum absolute atomic E-state index is 0.0390. The van der Waals surface area contributed by atoms with E-state index in [-0.39, 0.29) is 24.9 Å². The van der Waals surface area contributed by atoms with Crippen LogP contribution in [0.2, 0.25) is 0 Å². The van der Waals surface area contributed by atoms with Crippen LogP contribution in [-0.2, 0) is 14.3 Å². The zero-order valence-corrected chi connectivity index (χ0v) is 20.6. The maximum absolute atomic E-state index is 13.2. The molecule has 0 aliphatic heterocycles. The maximum atomic E-state index is 13.2. The number of aliphatic hydroxyl groups is 2. The largest absolute Gasteiger partial charge is 0.448 e. The van der Waals surface area contributed by atoms with Gasteiger partial charge < -0.3 is 25.6 Å². The zero-order chi connectivity index (χ0) is 25.5. The van der Waals surface area contributed by atoms with Gasteiger partial charge in [0.2, 0.25) is 11.8 Å². The van der Waals surface area contributed by atoms with Gasteiger partial charge in [0.15, 0.2) is 0 Å². The maximum Gasteiger partial charge on any atom is 0.411 e. The van der Waals surface area contributed by atoms with Gasteiger partial charge >= 0.3 is 6.09 Å². The van der Waals surface area contributed by atoms with Gasteiger partial charge in [0.25, 0.3) is 0 Å². The predicted octanol–water partition coefficient (Wildman–Crippen LogP) is 1.49. The molecule has 9 nitrogen and oxygen atoms in total. The first kappa shape index (κ1) is 26.5. The topological polar surface area (TPSA) is 128 Å². The smallest absolute Gasteiger partial charge is 0.411 e. The van der Waals surface area contributed by atoms with Gasteiger partial charge in [-0.1, -0.05) is 48.5 Å². The normalized spacial score (nSPS) is 14.8. The van der Waals surface area contributed by atoms with Crippen molar-refractivity contribution in [1.82, 2.24) is 15.5 Å². The number of carbonyl (C=O) groups is 3. The first-order valence-corrected chi connectivity index (χ1v) is 12.0. The van der Waals surface area contributed by atoms with Gasteiger partial charge in [0, 0.05) is 18.6 Å². The van der Waals surface area contributed by atoms with Crippen LogP contribution in [0, 0.1) is 0 Å². The molecule has 3 atom stereocenters. The Balaban J connectivity index is 1.78. The average molecular weight is 502 g/mol. The van der Waals surface area contributed by atoms with Crippen molar-refractivity contribution in [2.75, 3.05) is 25.6 Å². The van der Waals surface area contributed by atoms with Crippen molar-refractivity contribution in [2.24, 2.45) is 0 Å². The molecule has 0 spiro atoms. The Labute approximate surface area is 209 Å². The van der Waals surface area contributed by atoms with Gasteiger partial charge in [-0.05, 0) is 29.2 Å². The summed E-state index contributed by atoms with van der Waals surface area (Å²) in [5.41, 5.74) is 4.25. The number of nitrogens with zero attached hydrogens (tertiary/aromatic N) is 1. The Morgan fingerprint density at radius 2 is 1.66 bits per heavy atom. The molecule has 0 unspecified atom stereocenters. The van der Waals surface area contributed by atoms with Crippen LogP contribution in [0.15, 0.2) is 48.5 Å². The molecule has 3 rings (SSSR count). The van der Waals surface area contributed by atoms with Crippen molar-refractivity contribution in [2.45, 2.75) is 38.0 Å². The van der Waals surface area contributed by atoms with Gasteiger partial charge in [-0.3, -0.25) is 14.5 Å². The highest BCUT2D eigenvalue weighted by molar-refractivity contribution is 7.80. The van der Waals surface area contributed by atoms with Crippen molar-refractivity contribution in [3.8, 4) is 11.1 Å². The fourth-order valence-electron chi connectivity index (χ4n) is 4.10. The van der Waals surface area contributed by atoms with E-state index in [9.17, 15) is 24.6 Å². The van der Waals surface area contributed by atoms with Crippen molar-refractivity contribution in [3.63, 3.8) is 0 Å². The van der Waals surface area contributed by atoms with Crippen molar-refractivity contribution >= 4 is 30.5 Å². The molecule has 0 heterocycles. The SMILES string of the molecule is CC(=O)NCN(C(=O)OCC1c2ccccc2-c2ccccc21)[C@@H](CS)C(=O)N[C@H](CO)[C@@H](C)O. The van der Waals surface area contributed by atoms with Gasteiger partial charge in [0.1, 0.15) is 12.6 Å².